The largest absolute Gasteiger partial charge is 0.453 e. The van der Waals surface area contributed by atoms with Crippen molar-refractivity contribution in [1.82, 2.24) is 4.57 Å². The molecular formula is C19H29F8N2+. The van der Waals surface area contributed by atoms with Gasteiger partial charge in [0.15, 0.2) is 6.54 Å². The third-order valence-corrected chi connectivity index (χ3v) is 4.84. The van der Waals surface area contributed by atoms with Gasteiger partial charge in [0.1, 0.15) is 12.4 Å². The molecule has 0 saturated heterocycles. The van der Waals surface area contributed by atoms with Gasteiger partial charge in [0.2, 0.25) is 6.33 Å². The topological polar surface area (TPSA) is 8.81 Å². The third kappa shape index (κ3) is 9.33. The minimum atomic E-state index is -5.70. The van der Waals surface area contributed by atoms with Crippen LogP contribution in [0.2, 0.25) is 0 Å². The zero-order chi connectivity index (χ0) is 22.1. The van der Waals surface area contributed by atoms with Gasteiger partial charge in [-0.05, 0) is 6.42 Å². The molecule has 1 atom stereocenters. The van der Waals surface area contributed by atoms with Gasteiger partial charge >= 0.3 is 18.3 Å². The Morgan fingerprint density at radius 1 is 0.828 bits per heavy atom. The van der Waals surface area contributed by atoms with E-state index in [0.29, 0.717) is 11.0 Å². The minimum absolute atomic E-state index is 0.216. The van der Waals surface area contributed by atoms with Crippen LogP contribution >= 0.6 is 0 Å². The van der Waals surface area contributed by atoms with Crippen LogP contribution in [0.15, 0.2) is 18.7 Å². The van der Waals surface area contributed by atoms with Crippen molar-refractivity contribution < 1.29 is 39.7 Å². The van der Waals surface area contributed by atoms with Crippen LogP contribution in [0.25, 0.3) is 0 Å². The molecule has 0 radical (unpaired) electrons. The SMILES string of the molecule is CCCCCCCCCCC(Cn1cc[n+](CC(F)(F)F)c1)C(F)(F)C(F)(F)F. The highest BCUT2D eigenvalue weighted by atomic mass is 19.4. The second-order valence-electron chi connectivity index (χ2n) is 7.48. The fraction of sp³-hybridized carbons (Fsp3) is 0.842. The van der Waals surface area contributed by atoms with Gasteiger partial charge in [-0.2, -0.15) is 35.1 Å². The summed E-state index contributed by atoms with van der Waals surface area (Å²) in [6.07, 6.45) is -0.818. The highest BCUT2D eigenvalue weighted by molar-refractivity contribution is 4.85. The van der Waals surface area contributed by atoms with Gasteiger partial charge in [-0.25, -0.2) is 9.13 Å². The summed E-state index contributed by atoms with van der Waals surface area (Å²) in [6.45, 7) is 0.0442. The van der Waals surface area contributed by atoms with E-state index >= 15 is 0 Å². The monoisotopic (exact) mass is 437 g/mol. The lowest BCUT2D eigenvalue weighted by atomic mass is 9.93. The zero-order valence-electron chi connectivity index (χ0n) is 16.5. The van der Waals surface area contributed by atoms with E-state index in [1.165, 1.54) is 0 Å². The van der Waals surface area contributed by atoms with Crippen molar-refractivity contribution in [2.75, 3.05) is 0 Å². The van der Waals surface area contributed by atoms with E-state index in [-0.39, 0.29) is 12.8 Å². The number of rotatable bonds is 13. The van der Waals surface area contributed by atoms with Crippen LogP contribution in [0.5, 0.6) is 0 Å². The van der Waals surface area contributed by atoms with Crippen LogP contribution in [0.4, 0.5) is 35.1 Å². The van der Waals surface area contributed by atoms with E-state index in [2.05, 4.69) is 6.92 Å². The number of aromatic nitrogens is 2. The summed E-state index contributed by atoms with van der Waals surface area (Å²) in [7, 11) is 0. The lowest BCUT2D eigenvalue weighted by Crippen LogP contribution is -2.45. The average Bonchev–Trinajstić information content (AvgIpc) is 3.00. The number of nitrogens with zero attached hydrogens (tertiary/aromatic N) is 2. The van der Waals surface area contributed by atoms with Crippen molar-refractivity contribution in [1.29, 1.82) is 0 Å². The highest BCUT2D eigenvalue weighted by Gasteiger charge is 2.62. The molecule has 2 nitrogen and oxygen atoms in total. The second kappa shape index (κ2) is 11.2. The molecule has 1 unspecified atom stereocenters. The van der Waals surface area contributed by atoms with Crippen LogP contribution in [-0.2, 0) is 13.1 Å². The fourth-order valence-electron chi connectivity index (χ4n) is 3.25. The molecule has 0 amide bonds. The summed E-state index contributed by atoms with van der Waals surface area (Å²) < 4.78 is 105. The predicted molar refractivity (Wildman–Crippen MR) is 92.4 cm³/mol. The Hall–Kier alpha value is -1.35. The number of hydrogen-bond donors (Lipinski definition) is 0. The summed E-state index contributed by atoms with van der Waals surface area (Å²) in [5.41, 5.74) is 0. The summed E-state index contributed by atoms with van der Waals surface area (Å²) in [5.74, 6) is -6.94. The lowest BCUT2D eigenvalue weighted by molar-refractivity contribution is -0.718. The average molecular weight is 437 g/mol. The number of alkyl halides is 8. The van der Waals surface area contributed by atoms with Crippen LogP contribution < -0.4 is 4.57 Å². The molecule has 1 aromatic heterocycles. The molecule has 0 spiro atoms. The van der Waals surface area contributed by atoms with Gasteiger partial charge in [0, 0.05) is 0 Å². The molecule has 170 valence electrons. The molecular weight excluding hydrogens is 408 g/mol. The molecule has 0 aliphatic carbocycles. The standard InChI is InChI=1S/C19H29F8N2/c1-2-3-4-5-6-7-8-9-10-16(18(23,24)19(25,26)27)13-28-11-12-29(15-28)14-17(20,21)22/h11-12,15-16H,2-10,13-14H2,1H3/q+1. The molecule has 1 rings (SSSR count). The van der Waals surface area contributed by atoms with E-state index in [1.54, 1.807) is 0 Å². The maximum absolute atomic E-state index is 13.9. The van der Waals surface area contributed by atoms with Crippen molar-refractivity contribution in [3.8, 4) is 0 Å². The van der Waals surface area contributed by atoms with Crippen molar-refractivity contribution in [2.24, 2.45) is 5.92 Å². The predicted octanol–water partition coefficient (Wildman–Crippen LogP) is 6.68. The summed E-state index contributed by atoms with van der Waals surface area (Å²) >= 11 is 0. The first kappa shape index (κ1) is 25.7. The number of halogens is 8. The van der Waals surface area contributed by atoms with E-state index in [9.17, 15) is 35.1 Å². The van der Waals surface area contributed by atoms with Crippen molar-refractivity contribution in [2.45, 2.75) is 96.1 Å². The Bertz CT molecular complexity index is 577. The first-order chi connectivity index (χ1) is 13.4. The molecule has 29 heavy (non-hydrogen) atoms. The van der Waals surface area contributed by atoms with E-state index < -0.39 is 37.3 Å². The molecule has 10 heteroatoms. The molecule has 1 heterocycles. The summed E-state index contributed by atoms with van der Waals surface area (Å²) in [6, 6.07) is 0. The fourth-order valence-corrected chi connectivity index (χ4v) is 3.25. The van der Waals surface area contributed by atoms with Gasteiger partial charge in [-0.1, -0.05) is 58.3 Å². The van der Waals surface area contributed by atoms with Gasteiger partial charge < -0.3 is 0 Å². The van der Waals surface area contributed by atoms with Crippen LogP contribution in [0.1, 0.15) is 64.7 Å². The molecule has 1 aromatic rings. The molecule has 0 aliphatic heterocycles. The van der Waals surface area contributed by atoms with Gasteiger partial charge in [-0.15, -0.1) is 0 Å². The number of unbranched alkanes of at least 4 members (excludes halogenated alkanes) is 7. The molecule has 0 aromatic carbocycles. The van der Waals surface area contributed by atoms with Gasteiger partial charge in [-0.3, -0.25) is 0 Å². The Kier molecular flexibility index (Phi) is 9.88. The maximum Gasteiger partial charge on any atom is 0.453 e. The zero-order valence-corrected chi connectivity index (χ0v) is 16.5. The van der Waals surface area contributed by atoms with Crippen LogP contribution in [0.3, 0.4) is 0 Å². The van der Waals surface area contributed by atoms with Gasteiger partial charge in [0.25, 0.3) is 0 Å². The van der Waals surface area contributed by atoms with Crippen molar-refractivity contribution in [3.05, 3.63) is 18.7 Å². The lowest BCUT2D eigenvalue weighted by Gasteiger charge is -2.27. The van der Waals surface area contributed by atoms with E-state index in [4.69, 9.17) is 0 Å². The molecule has 0 N–H and O–H groups in total. The second-order valence-corrected chi connectivity index (χ2v) is 7.48. The smallest absolute Gasteiger partial charge is 0.236 e. The summed E-state index contributed by atoms with van der Waals surface area (Å²) in [5, 5.41) is 0. The van der Waals surface area contributed by atoms with E-state index in [0.717, 1.165) is 61.8 Å². The molecule has 0 fully saturated rings. The van der Waals surface area contributed by atoms with E-state index in [1.807, 2.05) is 0 Å². The molecule has 0 saturated carbocycles. The first-order valence-electron chi connectivity index (χ1n) is 9.93. The Morgan fingerprint density at radius 3 is 1.90 bits per heavy atom. The van der Waals surface area contributed by atoms with Crippen LogP contribution in [-0.4, -0.2) is 22.8 Å². The van der Waals surface area contributed by atoms with Crippen molar-refractivity contribution >= 4 is 0 Å². The first-order valence-corrected chi connectivity index (χ1v) is 9.93. The number of imidazole rings is 1. The third-order valence-electron chi connectivity index (χ3n) is 4.84. The quantitative estimate of drug-likeness (QED) is 0.185. The Morgan fingerprint density at radius 2 is 1.38 bits per heavy atom. The Balaban J connectivity index is 2.66. The number of hydrogen-bond acceptors (Lipinski definition) is 0. The highest BCUT2D eigenvalue weighted by Crippen LogP contribution is 2.43. The van der Waals surface area contributed by atoms with Crippen LogP contribution in [0, 0.1) is 5.92 Å². The van der Waals surface area contributed by atoms with Crippen molar-refractivity contribution in [3.63, 3.8) is 0 Å². The normalized spacial score (nSPS) is 14.4. The molecule has 0 aliphatic rings. The molecule has 0 bridgehead atoms. The Labute approximate surface area is 165 Å². The minimum Gasteiger partial charge on any atom is -0.236 e. The van der Waals surface area contributed by atoms with Gasteiger partial charge in [0.05, 0.1) is 12.5 Å². The maximum atomic E-state index is 13.9. The summed E-state index contributed by atoms with van der Waals surface area (Å²) in [4.78, 5) is 0.